The van der Waals surface area contributed by atoms with Crippen LogP contribution in [0.4, 0.5) is 0 Å². The molecule has 1 aromatic rings. The van der Waals surface area contributed by atoms with E-state index in [1.165, 1.54) is 12.8 Å². The zero-order chi connectivity index (χ0) is 14.8. The van der Waals surface area contributed by atoms with Gasteiger partial charge in [0.05, 0.1) is 13.2 Å². The molecule has 0 fully saturated rings. The monoisotopic (exact) mass is 276 g/mol. The van der Waals surface area contributed by atoms with Crippen molar-refractivity contribution < 1.29 is 14.3 Å². The lowest BCUT2D eigenvalue weighted by atomic mass is 10.1. The third kappa shape index (κ3) is 6.41. The third-order valence-electron chi connectivity index (χ3n) is 2.91. The number of carbonyl (C=O) groups excluding carboxylic acids is 1. The number of rotatable bonds is 9. The Balaban J connectivity index is 2.28. The average Bonchev–Trinajstić information content (AvgIpc) is 2.45. The molecule has 1 aromatic carbocycles. The Morgan fingerprint density at radius 1 is 1.15 bits per heavy atom. The molecule has 1 rings (SSSR count). The summed E-state index contributed by atoms with van der Waals surface area (Å²) in [6, 6.07) is 7.93. The number of carbonyl (C=O) groups is 1. The highest BCUT2D eigenvalue weighted by atomic mass is 16.5. The predicted octanol–water partition coefficient (Wildman–Crippen LogP) is 3.92. The minimum Gasteiger partial charge on any atom is -0.494 e. The summed E-state index contributed by atoms with van der Waals surface area (Å²) >= 11 is 0. The number of hydrogen-bond acceptors (Lipinski definition) is 3. The van der Waals surface area contributed by atoms with E-state index in [0.717, 1.165) is 24.3 Å². The van der Waals surface area contributed by atoms with Crippen LogP contribution in [0.1, 0.15) is 38.7 Å². The van der Waals surface area contributed by atoms with Crippen molar-refractivity contribution >= 4 is 5.97 Å². The van der Waals surface area contributed by atoms with E-state index in [1.807, 2.05) is 24.3 Å². The Morgan fingerprint density at radius 3 is 2.45 bits per heavy atom. The van der Waals surface area contributed by atoms with Gasteiger partial charge < -0.3 is 9.47 Å². The van der Waals surface area contributed by atoms with Crippen molar-refractivity contribution in [2.75, 3.05) is 13.2 Å². The van der Waals surface area contributed by atoms with E-state index < -0.39 is 0 Å². The molecule has 0 bridgehead atoms. The molecule has 20 heavy (non-hydrogen) atoms. The molecule has 0 radical (unpaired) electrons. The van der Waals surface area contributed by atoms with Crippen LogP contribution in [0.15, 0.2) is 36.4 Å². The summed E-state index contributed by atoms with van der Waals surface area (Å²) in [4.78, 5) is 11.2. The van der Waals surface area contributed by atoms with Crippen molar-refractivity contribution in [3.8, 4) is 5.75 Å². The number of hydrogen-bond donors (Lipinski definition) is 0. The van der Waals surface area contributed by atoms with E-state index >= 15 is 0 Å². The molecule has 110 valence electrons. The van der Waals surface area contributed by atoms with Crippen LogP contribution in [-0.4, -0.2) is 19.2 Å². The van der Waals surface area contributed by atoms with E-state index in [4.69, 9.17) is 9.47 Å². The van der Waals surface area contributed by atoms with E-state index in [9.17, 15) is 4.79 Å². The molecule has 3 nitrogen and oxygen atoms in total. The lowest BCUT2D eigenvalue weighted by Crippen LogP contribution is -2.08. The van der Waals surface area contributed by atoms with Crippen molar-refractivity contribution in [3.63, 3.8) is 0 Å². The molecule has 0 unspecified atom stereocenters. The van der Waals surface area contributed by atoms with Crippen LogP contribution in [0.2, 0.25) is 0 Å². The molecule has 0 saturated heterocycles. The second-order valence-electron chi connectivity index (χ2n) is 4.87. The zero-order valence-electron chi connectivity index (χ0n) is 12.5. The molecular formula is C17H24O3. The van der Waals surface area contributed by atoms with Crippen LogP contribution in [0.5, 0.6) is 5.75 Å². The SMILES string of the molecule is C=C(C)C(=O)OCCc1ccc(OCCCCC)cc1. The highest BCUT2D eigenvalue weighted by Gasteiger charge is 2.03. The van der Waals surface area contributed by atoms with Crippen molar-refractivity contribution in [1.29, 1.82) is 0 Å². The molecule has 0 aliphatic carbocycles. The Morgan fingerprint density at radius 2 is 1.85 bits per heavy atom. The fourth-order valence-corrected chi connectivity index (χ4v) is 1.68. The van der Waals surface area contributed by atoms with E-state index in [1.54, 1.807) is 6.92 Å². The molecule has 0 spiro atoms. The predicted molar refractivity (Wildman–Crippen MR) is 80.9 cm³/mol. The summed E-state index contributed by atoms with van der Waals surface area (Å²) < 4.78 is 10.7. The summed E-state index contributed by atoms with van der Waals surface area (Å²) in [5.41, 5.74) is 1.56. The van der Waals surface area contributed by atoms with Gasteiger partial charge in [-0.15, -0.1) is 0 Å². The van der Waals surface area contributed by atoms with E-state index in [0.29, 0.717) is 18.6 Å². The molecule has 0 heterocycles. The van der Waals surface area contributed by atoms with Crippen LogP contribution >= 0.6 is 0 Å². The van der Waals surface area contributed by atoms with Gasteiger partial charge >= 0.3 is 5.97 Å². The van der Waals surface area contributed by atoms with Gasteiger partial charge in [-0.25, -0.2) is 4.79 Å². The maximum Gasteiger partial charge on any atom is 0.333 e. The van der Waals surface area contributed by atoms with Crippen LogP contribution in [0.3, 0.4) is 0 Å². The Hall–Kier alpha value is -1.77. The fourth-order valence-electron chi connectivity index (χ4n) is 1.68. The van der Waals surface area contributed by atoms with E-state index in [-0.39, 0.29) is 5.97 Å². The molecule has 0 aliphatic heterocycles. The first-order valence-electron chi connectivity index (χ1n) is 7.18. The first kappa shape index (κ1) is 16.3. The first-order valence-corrected chi connectivity index (χ1v) is 7.18. The average molecular weight is 276 g/mol. The largest absolute Gasteiger partial charge is 0.494 e. The van der Waals surface area contributed by atoms with Crippen molar-refractivity contribution in [2.24, 2.45) is 0 Å². The van der Waals surface area contributed by atoms with Gasteiger partial charge in [0.2, 0.25) is 0 Å². The number of unbranched alkanes of at least 4 members (excludes halogenated alkanes) is 2. The summed E-state index contributed by atoms with van der Waals surface area (Å²) in [6.45, 7) is 8.51. The maximum absolute atomic E-state index is 11.2. The van der Waals surface area contributed by atoms with Gasteiger partial charge in [-0.1, -0.05) is 38.5 Å². The maximum atomic E-state index is 11.2. The van der Waals surface area contributed by atoms with Crippen LogP contribution in [0.25, 0.3) is 0 Å². The quantitative estimate of drug-likeness (QED) is 0.389. The number of esters is 1. The molecule has 0 aliphatic rings. The smallest absolute Gasteiger partial charge is 0.333 e. The lowest BCUT2D eigenvalue weighted by molar-refractivity contribution is -0.138. The Bertz CT molecular complexity index is 420. The summed E-state index contributed by atoms with van der Waals surface area (Å²) in [5, 5.41) is 0. The van der Waals surface area contributed by atoms with Gasteiger partial charge in [-0.2, -0.15) is 0 Å². The zero-order valence-corrected chi connectivity index (χ0v) is 12.5. The van der Waals surface area contributed by atoms with Crippen molar-refractivity contribution in [3.05, 3.63) is 42.0 Å². The topological polar surface area (TPSA) is 35.5 Å². The second-order valence-corrected chi connectivity index (χ2v) is 4.87. The van der Waals surface area contributed by atoms with Gasteiger partial charge in [0.25, 0.3) is 0 Å². The number of benzene rings is 1. The van der Waals surface area contributed by atoms with Gasteiger partial charge in [0.1, 0.15) is 5.75 Å². The van der Waals surface area contributed by atoms with Crippen molar-refractivity contribution in [1.82, 2.24) is 0 Å². The first-order chi connectivity index (χ1) is 9.63. The Kier molecular flexibility index (Phi) is 7.48. The molecule has 3 heteroatoms. The standard InChI is InChI=1S/C17H24O3/c1-4-5-6-12-19-16-9-7-15(8-10-16)11-13-20-17(18)14(2)3/h7-10H,2,4-6,11-13H2,1,3H3. The third-order valence-corrected chi connectivity index (χ3v) is 2.91. The molecular weight excluding hydrogens is 252 g/mol. The van der Waals surface area contributed by atoms with Gasteiger partial charge in [0, 0.05) is 12.0 Å². The van der Waals surface area contributed by atoms with Gasteiger partial charge in [0.15, 0.2) is 0 Å². The van der Waals surface area contributed by atoms with Gasteiger partial charge in [-0.05, 0) is 31.0 Å². The molecule has 0 N–H and O–H groups in total. The van der Waals surface area contributed by atoms with Crippen LogP contribution in [-0.2, 0) is 16.0 Å². The highest BCUT2D eigenvalue weighted by molar-refractivity contribution is 5.86. The van der Waals surface area contributed by atoms with Crippen molar-refractivity contribution in [2.45, 2.75) is 39.5 Å². The lowest BCUT2D eigenvalue weighted by Gasteiger charge is -2.07. The molecule has 0 amide bonds. The minimum absolute atomic E-state index is 0.333. The second kappa shape index (κ2) is 9.18. The van der Waals surface area contributed by atoms with E-state index in [2.05, 4.69) is 13.5 Å². The normalized spacial score (nSPS) is 10.1. The number of ether oxygens (including phenoxy) is 2. The van der Waals surface area contributed by atoms with Crippen LogP contribution < -0.4 is 4.74 Å². The van der Waals surface area contributed by atoms with Crippen LogP contribution in [0, 0.1) is 0 Å². The summed E-state index contributed by atoms with van der Waals surface area (Å²) in [5.74, 6) is 0.560. The molecule has 0 aromatic heterocycles. The van der Waals surface area contributed by atoms with Gasteiger partial charge in [-0.3, -0.25) is 0 Å². The molecule has 0 atom stereocenters. The fraction of sp³-hybridized carbons (Fsp3) is 0.471. The minimum atomic E-state index is -0.333. The Labute approximate surface area is 121 Å². The summed E-state index contributed by atoms with van der Waals surface area (Å²) in [6.07, 6.45) is 4.20. The summed E-state index contributed by atoms with van der Waals surface area (Å²) in [7, 11) is 0. The molecule has 0 saturated carbocycles. The highest BCUT2D eigenvalue weighted by Crippen LogP contribution is 2.13.